The summed E-state index contributed by atoms with van der Waals surface area (Å²) in [5, 5.41) is 0.526. The number of benzene rings is 2. The van der Waals surface area contributed by atoms with E-state index in [4.69, 9.17) is 11.6 Å². The van der Waals surface area contributed by atoms with Crippen LogP contribution in [0.4, 0.5) is 14.5 Å². The number of carbonyl (C=O) groups is 3. The fourth-order valence-corrected chi connectivity index (χ4v) is 3.11. The highest BCUT2D eigenvalue weighted by Crippen LogP contribution is 2.22. The zero-order chi connectivity index (χ0) is 21.1. The molecule has 3 rings (SSSR count). The number of anilines is 1. The van der Waals surface area contributed by atoms with Gasteiger partial charge in [-0.05, 0) is 43.3 Å². The molecule has 1 saturated heterocycles. The zero-order valence-corrected chi connectivity index (χ0v) is 16.3. The minimum absolute atomic E-state index is 0.0377. The van der Waals surface area contributed by atoms with Crippen LogP contribution in [0.25, 0.3) is 0 Å². The minimum atomic E-state index is -0.994. The van der Waals surface area contributed by atoms with Crippen molar-refractivity contribution in [2.45, 2.75) is 6.92 Å². The molecular weight excluding hydrogens is 404 g/mol. The van der Waals surface area contributed by atoms with Crippen molar-refractivity contribution in [3.63, 3.8) is 0 Å². The highest BCUT2D eigenvalue weighted by Gasteiger charge is 2.33. The van der Waals surface area contributed by atoms with Crippen molar-refractivity contribution in [3.05, 3.63) is 64.7 Å². The third-order valence-electron chi connectivity index (χ3n) is 4.59. The average molecular weight is 422 g/mol. The topological polar surface area (TPSA) is 60.9 Å². The summed E-state index contributed by atoms with van der Waals surface area (Å²) in [6.45, 7) is 1.37. The first kappa shape index (κ1) is 20.7. The Bertz CT molecular complexity index is 952. The van der Waals surface area contributed by atoms with Crippen LogP contribution in [0.1, 0.15) is 17.3 Å². The van der Waals surface area contributed by atoms with E-state index < -0.39 is 23.4 Å². The monoisotopic (exact) mass is 421 g/mol. The molecule has 3 amide bonds. The van der Waals surface area contributed by atoms with Gasteiger partial charge in [0.25, 0.3) is 5.91 Å². The zero-order valence-electron chi connectivity index (χ0n) is 15.6. The van der Waals surface area contributed by atoms with Gasteiger partial charge in [-0.25, -0.2) is 8.78 Å². The molecule has 0 aliphatic carbocycles. The lowest BCUT2D eigenvalue weighted by Crippen LogP contribution is -2.42. The van der Waals surface area contributed by atoms with Crippen molar-refractivity contribution >= 4 is 35.0 Å². The standard InChI is InChI=1S/C20H18ClF2N3O3/c1-2-24(20(29)16-8-5-14(22)9-17(16)23)10-18(27)25-11-19(28)26(12-25)15-6-3-13(21)4-7-15/h3-9H,2,10-12H2,1H3. The molecule has 0 saturated carbocycles. The van der Waals surface area contributed by atoms with Crippen LogP contribution in [-0.2, 0) is 9.59 Å². The molecule has 0 atom stereocenters. The first-order valence-corrected chi connectivity index (χ1v) is 9.26. The molecule has 152 valence electrons. The fourth-order valence-electron chi connectivity index (χ4n) is 2.99. The predicted octanol–water partition coefficient (Wildman–Crippen LogP) is 2.91. The van der Waals surface area contributed by atoms with E-state index >= 15 is 0 Å². The average Bonchev–Trinajstić information content (AvgIpc) is 3.08. The SMILES string of the molecule is CCN(CC(=O)N1CC(=O)N(c2ccc(Cl)cc2)C1)C(=O)c1ccc(F)cc1F. The summed E-state index contributed by atoms with van der Waals surface area (Å²) in [4.78, 5) is 41.4. The molecule has 1 fully saturated rings. The number of amides is 3. The second-order valence-corrected chi connectivity index (χ2v) is 6.91. The van der Waals surface area contributed by atoms with Crippen LogP contribution < -0.4 is 4.90 Å². The van der Waals surface area contributed by atoms with Gasteiger partial charge in [0.15, 0.2) is 0 Å². The van der Waals surface area contributed by atoms with Crippen LogP contribution in [0.2, 0.25) is 5.02 Å². The maximum Gasteiger partial charge on any atom is 0.257 e. The van der Waals surface area contributed by atoms with Gasteiger partial charge in [0.2, 0.25) is 11.8 Å². The summed E-state index contributed by atoms with van der Waals surface area (Å²) in [6, 6.07) is 9.27. The molecule has 0 bridgehead atoms. The van der Waals surface area contributed by atoms with Crippen molar-refractivity contribution in [2.75, 3.05) is 31.2 Å². The molecule has 0 radical (unpaired) electrons. The Morgan fingerprint density at radius 2 is 1.83 bits per heavy atom. The molecule has 0 unspecified atom stereocenters. The van der Waals surface area contributed by atoms with Crippen molar-refractivity contribution in [3.8, 4) is 0 Å². The normalized spacial score (nSPS) is 13.7. The van der Waals surface area contributed by atoms with Gasteiger partial charge in [-0.1, -0.05) is 11.6 Å². The molecule has 0 spiro atoms. The molecule has 0 N–H and O–H groups in total. The summed E-state index contributed by atoms with van der Waals surface area (Å²) in [5.41, 5.74) is 0.285. The molecule has 1 aliphatic rings. The van der Waals surface area contributed by atoms with Crippen LogP contribution in [-0.4, -0.2) is 53.8 Å². The Morgan fingerprint density at radius 3 is 2.45 bits per heavy atom. The van der Waals surface area contributed by atoms with E-state index in [1.54, 1.807) is 31.2 Å². The number of rotatable bonds is 5. The lowest BCUT2D eigenvalue weighted by molar-refractivity contribution is -0.132. The van der Waals surface area contributed by atoms with E-state index in [2.05, 4.69) is 0 Å². The minimum Gasteiger partial charge on any atom is -0.330 e. The maximum atomic E-state index is 13.9. The van der Waals surface area contributed by atoms with Crippen molar-refractivity contribution in [1.82, 2.24) is 9.80 Å². The molecule has 1 aliphatic heterocycles. The van der Waals surface area contributed by atoms with Crippen LogP contribution in [0.5, 0.6) is 0 Å². The number of likely N-dealkylation sites (N-methyl/N-ethyl adjacent to an activating group) is 1. The Hall–Kier alpha value is -3.00. The molecule has 6 nitrogen and oxygen atoms in total. The molecule has 2 aromatic rings. The number of nitrogens with zero attached hydrogens (tertiary/aromatic N) is 3. The second kappa shape index (κ2) is 8.57. The van der Waals surface area contributed by atoms with Crippen LogP contribution in [0.15, 0.2) is 42.5 Å². The van der Waals surface area contributed by atoms with Crippen molar-refractivity contribution < 1.29 is 23.2 Å². The Kier molecular flexibility index (Phi) is 6.12. The first-order valence-electron chi connectivity index (χ1n) is 8.88. The lowest BCUT2D eigenvalue weighted by Gasteiger charge is -2.24. The summed E-state index contributed by atoms with van der Waals surface area (Å²) in [5.74, 6) is -3.23. The Morgan fingerprint density at radius 1 is 1.14 bits per heavy atom. The van der Waals surface area contributed by atoms with E-state index in [-0.39, 0.29) is 37.8 Å². The van der Waals surface area contributed by atoms with Gasteiger partial charge < -0.3 is 9.80 Å². The van der Waals surface area contributed by atoms with Crippen molar-refractivity contribution in [2.24, 2.45) is 0 Å². The van der Waals surface area contributed by atoms with Gasteiger partial charge in [-0.15, -0.1) is 0 Å². The Labute approximate surface area is 171 Å². The quantitative estimate of drug-likeness (QED) is 0.745. The van der Waals surface area contributed by atoms with Crippen LogP contribution >= 0.6 is 11.6 Å². The third kappa shape index (κ3) is 4.54. The predicted molar refractivity (Wildman–Crippen MR) is 103 cm³/mol. The summed E-state index contributed by atoms with van der Waals surface area (Å²) in [6.07, 6.45) is 0. The first-order chi connectivity index (χ1) is 13.8. The lowest BCUT2D eigenvalue weighted by atomic mass is 10.1. The number of hydrogen-bond donors (Lipinski definition) is 0. The van der Waals surface area contributed by atoms with Gasteiger partial charge in [0.1, 0.15) is 31.4 Å². The molecule has 0 aromatic heterocycles. The van der Waals surface area contributed by atoms with Gasteiger partial charge in [0, 0.05) is 23.3 Å². The highest BCUT2D eigenvalue weighted by molar-refractivity contribution is 6.30. The molecule has 1 heterocycles. The van der Waals surface area contributed by atoms with E-state index in [1.165, 1.54) is 9.80 Å². The summed E-state index contributed by atoms with van der Waals surface area (Å²) >= 11 is 5.85. The molecule has 9 heteroatoms. The highest BCUT2D eigenvalue weighted by atomic mass is 35.5. The number of carbonyl (C=O) groups excluding carboxylic acids is 3. The number of halogens is 3. The summed E-state index contributed by atoms with van der Waals surface area (Å²) < 4.78 is 27.0. The van der Waals surface area contributed by atoms with Crippen LogP contribution in [0.3, 0.4) is 0 Å². The van der Waals surface area contributed by atoms with Gasteiger partial charge in [-0.2, -0.15) is 0 Å². The van der Waals surface area contributed by atoms with Gasteiger partial charge in [-0.3, -0.25) is 19.3 Å². The maximum absolute atomic E-state index is 13.9. The van der Waals surface area contributed by atoms with E-state index in [9.17, 15) is 23.2 Å². The van der Waals surface area contributed by atoms with Crippen molar-refractivity contribution in [1.29, 1.82) is 0 Å². The van der Waals surface area contributed by atoms with E-state index in [0.717, 1.165) is 17.0 Å². The third-order valence-corrected chi connectivity index (χ3v) is 4.84. The second-order valence-electron chi connectivity index (χ2n) is 6.47. The van der Waals surface area contributed by atoms with Gasteiger partial charge >= 0.3 is 0 Å². The molecule has 29 heavy (non-hydrogen) atoms. The molecule has 2 aromatic carbocycles. The largest absolute Gasteiger partial charge is 0.330 e. The van der Waals surface area contributed by atoms with E-state index in [1.807, 2.05) is 0 Å². The smallest absolute Gasteiger partial charge is 0.257 e. The van der Waals surface area contributed by atoms with Gasteiger partial charge in [0.05, 0.1) is 5.56 Å². The van der Waals surface area contributed by atoms with E-state index in [0.29, 0.717) is 16.8 Å². The summed E-state index contributed by atoms with van der Waals surface area (Å²) in [7, 11) is 0. The number of hydrogen-bond acceptors (Lipinski definition) is 3. The fraction of sp³-hybridized carbons (Fsp3) is 0.250. The molecular formula is C20H18ClF2N3O3. The Balaban J connectivity index is 1.69. The van der Waals surface area contributed by atoms with Crippen LogP contribution in [0, 0.1) is 11.6 Å².